The summed E-state index contributed by atoms with van der Waals surface area (Å²) in [5, 5.41) is 0.394. The van der Waals surface area contributed by atoms with E-state index in [2.05, 4.69) is 4.98 Å². The summed E-state index contributed by atoms with van der Waals surface area (Å²) in [6.07, 6.45) is 0.508. The number of ether oxygens (including phenoxy) is 1. The first-order chi connectivity index (χ1) is 17.5. The molecule has 0 unspecified atom stereocenters. The Kier molecular flexibility index (Phi) is 6.82. The number of anilines is 1. The molecule has 0 fully saturated rings. The molecule has 2 heterocycles. The first kappa shape index (κ1) is 23.8. The summed E-state index contributed by atoms with van der Waals surface area (Å²) in [6.45, 7) is 1.29. The fourth-order valence-corrected chi connectivity index (χ4v) is 4.38. The van der Waals surface area contributed by atoms with Crippen LogP contribution in [0, 0.1) is 5.82 Å². The average molecular weight is 503 g/mol. The third-order valence-electron chi connectivity index (χ3n) is 6.05. The van der Waals surface area contributed by atoms with Crippen molar-refractivity contribution in [1.29, 1.82) is 0 Å². The van der Waals surface area contributed by atoms with E-state index in [9.17, 15) is 9.18 Å². The molecule has 0 atom stereocenters. The van der Waals surface area contributed by atoms with Gasteiger partial charge in [-0.25, -0.2) is 9.37 Å². The van der Waals surface area contributed by atoms with Crippen LogP contribution >= 0.6 is 11.6 Å². The van der Waals surface area contributed by atoms with Gasteiger partial charge in [0.2, 0.25) is 11.8 Å². The number of carbonyl (C=O) groups is 1. The molecule has 36 heavy (non-hydrogen) atoms. The van der Waals surface area contributed by atoms with Crippen molar-refractivity contribution >= 4 is 23.5 Å². The second kappa shape index (κ2) is 10.3. The number of aromatic nitrogens is 2. The number of benzene rings is 3. The van der Waals surface area contributed by atoms with E-state index in [4.69, 9.17) is 21.3 Å². The van der Waals surface area contributed by atoms with E-state index in [1.807, 2.05) is 42.3 Å². The molecule has 1 amide bonds. The maximum atomic E-state index is 14.5. The normalized spacial score (nSPS) is 12.7. The van der Waals surface area contributed by atoms with Gasteiger partial charge in [-0.15, -0.1) is 0 Å². The number of halogens is 2. The van der Waals surface area contributed by atoms with Crippen molar-refractivity contribution in [2.75, 3.05) is 18.5 Å². The summed E-state index contributed by atoms with van der Waals surface area (Å²) in [7, 11) is 1.90. The maximum absolute atomic E-state index is 14.5. The van der Waals surface area contributed by atoms with E-state index >= 15 is 0 Å². The van der Waals surface area contributed by atoms with E-state index in [-0.39, 0.29) is 24.1 Å². The topological polar surface area (TPSA) is 58.6 Å². The molecule has 0 bridgehead atoms. The minimum absolute atomic E-state index is 0.0598. The smallest absolute Gasteiger partial charge is 0.255 e. The largest absolute Gasteiger partial charge is 0.435 e. The molecule has 182 valence electrons. The third kappa shape index (κ3) is 5.02. The molecule has 3 aromatic carbocycles. The Morgan fingerprint density at radius 1 is 1.03 bits per heavy atom. The summed E-state index contributed by atoms with van der Waals surface area (Å²) in [4.78, 5) is 26.3. The van der Waals surface area contributed by atoms with Crippen molar-refractivity contribution < 1.29 is 13.9 Å². The van der Waals surface area contributed by atoms with Crippen molar-refractivity contribution in [3.05, 3.63) is 112 Å². The van der Waals surface area contributed by atoms with Crippen molar-refractivity contribution in [2.45, 2.75) is 19.5 Å². The van der Waals surface area contributed by atoms with E-state index < -0.39 is 5.82 Å². The number of para-hydroxylation sites is 1. The predicted molar refractivity (Wildman–Crippen MR) is 137 cm³/mol. The molecule has 0 radical (unpaired) electrons. The van der Waals surface area contributed by atoms with Crippen LogP contribution in [0.15, 0.2) is 78.9 Å². The highest BCUT2D eigenvalue weighted by molar-refractivity contribution is 6.33. The van der Waals surface area contributed by atoms with Crippen LogP contribution in [0.3, 0.4) is 0 Å². The van der Waals surface area contributed by atoms with Gasteiger partial charge in [-0.2, -0.15) is 4.98 Å². The Balaban J connectivity index is 1.49. The molecule has 8 heteroatoms. The SMILES string of the molecule is CN(Cc1ccccc1)c1nc2c(c(Oc3ccccc3F)n1)CN(C(=O)c1ccccc1Cl)CC2. The van der Waals surface area contributed by atoms with Crippen LogP contribution in [-0.2, 0) is 19.5 Å². The molecule has 4 aromatic rings. The van der Waals surface area contributed by atoms with Crippen molar-refractivity contribution in [1.82, 2.24) is 14.9 Å². The van der Waals surface area contributed by atoms with Gasteiger partial charge in [0, 0.05) is 26.6 Å². The Bertz CT molecular complexity index is 1400. The number of hydrogen-bond acceptors (Lipinski definition) is 5. The molecular formula is C28H24ClFN4O2. The second-order valence-electron chi connectivity index (χ2n) is 8.58. The summed E-state index contributed by atoms with van der Waals surface area (Å²) in [5.74, 6) is 0.0772. The lowest BCUT2D eigenvalue weighted by molar-refractivity contribution is 0.0732. The lowest BCUT2D eigenvalue weighted by atomic mass is 10.0. The summed E-state index contributed by atoms with van der Waals surface area (Å²) in [6, 6.07) is 23.1. The molecule has 0 N–H and O–H groups in total. The molecule has 1 aliphatic heterocycles. The molecule has 0 aliphatic carbocycles. The van der Waals surface area contributed by atoms with Crippen LogP contribution in [0.2, 0.25) is 5.02 Å². The fourth-order valence-electron chi connectivity index (χ4n) is 4.16. The lowest BCUT2D eigenvalue weighted by Crippen LogP contribution is -2.37. The lowest BCUT2D eigenvalue weighted by Gasteiger charge is -2.30. The van der Waals surface area contributed by atoms with Crippen molar-refractivity contribution in [3.63, 3.8) is 0 Å². The molecule has 5 rings (SSSR count). The van der Waals surface area contributed by atoms with E-state index in [1.54, 1.807) is 47.4 Å². The molecule has 0 saturated carbocycles. The van der Waals surface area contributed by atoms with Gasteiger partial charge in [0.25, 0.3) is 5.91 Å². The minimum atomic E-state index is -0.496. The molecule has 0 spiro atoms. The number of carbonyl (C=O) groups excluding carboxylic acids is 1. The molecular weight excluding hydrogens is 479 g/mol. The van der Waals surface area contributed by atoms with Gasteiger partial charge in [0.1, 0.15) is 0 Å². The summed E-state index contributed by atoms with van der Waals surface area (Å²) < 4.78 is 20.5. The monoisotopic (exact) mass is 502 g/mol. The van der Waals surface area contributed by atoms with Gasteiger partial charge in [-0.3, -0.25) is 4.79 Å². The number of rotatable bonds is 6. The van der Waals surface area contributed by atoms with Crippen molar-refractivity contribution in [2.24, 2.45) is 0 Å². The van der Waals surface area contributed by atoms with Crippen LogP contribution in [0.4, 0.5) is 10.3 Å². The standard InChI is InChI=1S/C28H24ClFN4O2/c1-33(17-19-9-3-2-4-10-19)28-31-24-15-16-34(27(35)20-11-5-6-12-22(20)29)18-21(24)26(32-28)36-25-14-8-7-13-23(25)30/h2-14H,15-18H2,1H3. The van der Waals surface area contributed by atoms with E-state index in [0.29, 0.717) is 41.6 Å². The van der Waals surface area contributed by atoms with Gasteiger partial charge >= 0.3 is 0 Å². The van der Waals surface area contributed by atoms with E-state index in [1.165, 1.54) is 6.07 Å². The second-order valence-corrected chi connectivity index (χ2v) is 8.99. The van der Waals surface area contributed by atoms with Gasteiger partial charge in [-0.1, -0.05) is 66.2 Å². The molecule has 1 aliphatic rings. The zero-order chi connectivity index (χ0) is 25.1. The fraction of sp³-hybridized carbons (Fsp3) is 0.179. The predicted octanol–water partition coefficient (Wildman–Crippen LogP) is 5.90. The van der Waals surface area contributed by atoms with Crippen molar-refractivity contribution in [3.8, 4) is 11.6 Å². The van der Waals surface area contributed by atoms with Gasteiger partial charge in [0.05, 0.1) is 28.4 Å². The number of nitrogens with zero attached hydrogens (tertiary/aromatic N) is 4. The first-order valence-electron chi connectivity index (χ1n) is 11.6. The van der Waals surface area contributed by atoms with Crippen LogP contribution in [0.25, 0.3) is 0 Å². The van der Waals surface area contributed by atoms with Crippen LogP contribution in [-0.4, -0.2) is 34.4 Å². The highest BCUT2D eigenvalue weighted by Gasteiger charge is 2.29. The Morgan fingerprint density at radius 2 is 1.75 bits per heavy atom. The molecule has 0 saturated heterocycles. The Labute approximate surface area is 213 Å². The first-order valence-corrected chi connectivity index (χ1v) is 12.0. The van der Waals surface area contributed by atoms with Gasteiger partial charge in [-0.05, 0) is 29.8 Å². The zero-order valence-corrected chi connectivity index (χ0v) is 20.5. The van der Waals surface area contributed by atoms with Gasteiger partial charge in [0.15, 0.2) is 11.6 Å². The summed E-state index contributed by atoms with van der Waals surface area (Å²) in [5.41, 5.74) is 2.96. The highest BCUT2D eigenvalue weighted by Crippen LogP contribution is 2.33. The molecule has 1 aromatic heterocycles. The van der Waals surface area contributed by atoms with Crippen LogP contribution in [0.5, 0.6) is 11.6 Å². The Hall–Kier alpha value is -3.97. The quantitative estimate of drug-likeness (QED) is 0.329. The third-order valence-corrected chi connectivity index (χ3v) is 6.38. The molecule has 6 nitrogen and oxygen atoms in total. The van der Waals surface area contributed by atoms with Crippen LogP contribution < -0.4 is 9.64 Å². The number of hydrogen-bond donors (Lipinski definition) is 0. The maximum Gasteiger partial charge on any atom is 0.255 e. The van der Waals surface area contributed by atoms with E-state index in [0.717, 1.165) is 11.3 Å². The number of amides is 1. The van der Waals surface area contributed by atoms with Gasteiger partial charge < -0.3 is 14.5 Å². The van der Waals surface area contributed by atoms with Crippen LogP contribution in [0.1, 0.15) is 27.2 Å². The highest BCUT2D eigenvalue weighted by atomic mass is 35.5. The minimum Gasteiger partial charge on any atom is -0.435 e. The average Bonchev–Trinajstić information content (AvgIpc) is 2.90. The Morgan fingerprint density at radius 3 is 2.53 bits per heavy atom. The zero-order valence-electron chi connectivity index (χ0n) is 19.7. The summed E-state index contributed by atoms with van der Waals surface area (Å²) >= 11 is 6.27. The number of fused-ring (bicyclic) bond motifs is 1.